The molecule has 0 saturated carbocycles. The Labute approximate surface area is 102 Å². The van der Waals surface area contributed by atoms with Gasteiger partial charge >= 0.3 is 0 Å². The monoisotopic (exact) mass is 232 g/mol. The maximum absolute atomic E-state index is 4.35. The van der Waals surface area contributed by atoms with Crippen LogP contribution in [0.2, 0.25) is 0 Å². The highest BCUT2D eigenvalue weighted by atomic mass is 15.2. The summed E-state index contributed by atoms with van der Waals surface area (Å²) in [5.74, 6) is 0.728. The van der Waals surface area contributed by atoms with Crippen LogP contribution in [0.25, 0.3) is 5.52 Å². The van der Waals surface area contributed by atoms with Gasteiger partial charge in [0.05, 0.1) is 17.9 Å². The van der Waals surface area contributed by atoms with Crippen molar-refractivity contribution in [2.24, 2.45) is 5.92 Å². The molecular weight excluding hydrogens is 212 g/mol. The summed E-state index contributed by atoms with van der Waals surface area (Å²) in [6, 6.07) is 0.360. The average Bonchev–Trinajstić information content (AvgIpc) is 2.74. The summed E-state index contributed by atoms with van der Waals surface area (Å²) in [5, 5.41) is 7.72. The summed E-state index contributed by atoms with van der Waals surface area (Å²) in [5.41, 5.74) is 2.33. The first-order valence-corrected chi connectivity index (χ1v) is 6.17. The highest BCUT2D eigenvalue weighted by Crippen LogP contribution is 2.23. The van der Waals surface area contributed by atoms with Crippen LogP contribution in [0.4, 0.5) is 0 Å². The van der Waals surface area contributed by atoms with Gasteiger partial charge in [0, 0.05) is 24.0 Å². The molecule has 1 unspecified atom stereocenters. The van der Waals surface area contributed by atoms with Gasteiger partial charge in [-0.25, -0.2) is 4.52 Å². The molecule has 0 aliphatic carbocycles. The fourth-order valence-electron chi connectivity index (χ4n) is 2.08. The van der Waals surface area contributed by atoms with E-state index in [2.05, 4.69) is 29.2 Å². The summed E-state index contributed by atoms with van der Waals surface area (Å²) >= 11 is 0. The Bertz CT molecular complexity index is 475. The second-order valence-corrected chi connectivity index (χ2v) is 4.82. The highest BCUT2D eigenvalue weighted by Gasteiger charge is 2.14. The molecule has 2 aromatic heterocycles. The van der Waals surface area contributed by atoms with Gasteiger partial charge in [0.25, 0.3) is 0 Å². The largest absolute Gasteiger partial charge is 0.313 e. The number of hydrogen-bond acceptors (Lipinski definition) is 3. The van der Waals surface area contributed by atoms with Gasteiger partial charge in [0.15, 0.2) is 0 Å². The molecule has 92 valence electrons. The molecule has 0 spiro atoms. The molecule has 0 bridgehead atoms. The quantitative estimate of drug-likeness (QED) is 0.861. The Balaban J connectivity index is 2.24. The molecule has 17 heavy (non-hydrogen) atoms. The fraction of sp³-hybridized carbons (Fsp3) is 0.538. The van der Waals surface area contributed by atoms with Crippen LogP contribution < -0.4 is 5.32 Å². The van der Waals surface area contributed by atoms with Crippen molar-refractivity contribution in [2.45, 2.75) is 32.7 Å². The third-order valence-electron chi connectivity index (χ3n) is 3.11. The van der Waals surface area contributed by atoms with Gasteiger partial charge < -0.3 is 5.32 Å². The lowest BCUT2D eigenvalue weighted by Crippen LogP contribution is -2.16. The van der Waals surface area contributed by atoms with Gasteiger partial charge in [-0.15, -0.1) is 0 Å². The second kappa shape index (κ2) is 5.27. The zero-order chi connectivity index (χ0) is 12.3. The summed E-state index contributed by atoms with van der Waals surface area (Å²) in [4.78, 5) is 4.17. The van der Waals surface area contributed by atoms with Crippen LogP contribution in [0.15, 0.2) is 24.8 Å². The molecule has 2 rings (SSSR count). The Morgan fingerprint density at radius 1 is 1.29 bits per heavy atom. The molecule has 1 atom stereocenters. The van der Waals surface area contributed by atoms with E-state index in [1.54, 1.807) is 6.20 Å². The van der Waals surface area contributed by atoms with E-state index in [1.165, 1.54) is 12.0 Å². The van der Waals surface area contributed by atoms with E-state index in [1.807, 2.05) is 30.2 Å². The Morgan fingerprint density at radius 2 is 2.12 bits per heavy atom. The normalized spacial score (nSPS) is 13.4. The first-order valence-electron chi connectivity index (χ1n) is 6.17. The standard InChI is InChI=1S/C13H20N4/c1-10(2)4-5-12(14-3)11-8-16-17-7-6-15-9-13(11)17/h6-10,12,14H,4-5H2,1-3H3. The predicted octanol–water partition coefficient (Wildman–Crippen LogP) is 2.43. The van der Waals surface area contributed by atoms with Crippen molar-refractivity contribution in [1.29, 1.82) is 0 Å². The minimum Gasteiger partial charge on any atom is -0.313 e. The minimum atomic E-state index is 0.360. The van der Waals surface area contributed by atoms with Crippen molar-refractivity contribution in [2.75, 3.05) is 7.05 Å². The number of nitrogens with zero attached hydrogens (tertiary/aromatic N) is 3. The number of hydrogen-bond donors (Lipinski definition) is 1. The zero-order valence-corrected chi connectivity index (χ0v) is 10.7. The summed E-state index contributed by atoms with van der Waals surface area (Å²) in [6.07, 6.45) is 9.80. The zero-order valence-electron chi connectivity index (χ0n) is 10.7. The molecule has 2 heterocycles. The molecule has 0 aliphatic rings. The number of aromatic nitrogens is 3. The first kappa shape index (κ1) is 12.0. The van der Waals surface area contributed by atoms with E-state index in [9.17, 15) is 0 Å². The molecule has 2 aromatic rings. The van der Waals surface area contributed by atoms with Crippen LogP contribution in [0.1, 0.15) is 38.3 Å². The smallest absolute Gasteiger partial charge is 0.0892 e. The Morgan fingerprint density at radius 3 is 2.82 bits per heavy atom. The molecule has 1 N–H and O–H groups in total. The van der Waals surface area contributed by atoms with E-state index in [4.69, 9.17) is 0 Å². The van der Waals surface area contributed by atoms with Crippen LogP contribution in [-0.2, 0) is 0 Å². The lowest BCUT2D eigenvalue weighted by molar-refractivity contribution is 0.466. The Hall–Kier alpha value is -1.42. The summed E-state index contributed by atoms with van der Waals surface area (Å²) in [6.45, 7) is 4.51. The fourth-order valence-corrected chi connectivity index (χ4v) is 2.08. The second-order valence-electron chi connectivity index (χ2n) is 4.82. The van der Waals surface area contributed by atoms with Gasteiger partial charge in [0.2, 0.25) is 0 Å². The van der Waals surface area contributed by atoms with Crippen molar-refractivity contribution in [3.63, 3.8) is 0 Å². The van der Waals surface area contributed by atoms with Gasteiger partial charge in [-0.2, -0.15) is 5.10 Å². The molecule has 0 amide bonds. The van der Waals surface area contributed by atoms with Gasteiger partial charge in [0.1, 0.15) is 0 Å². The van der Waals surface area contributed by atoms with Crippen molar-refractivity contribution >= 4 is 5.52 Å². The molecule has 0 saturated heterocycles. The molecule has 4 nitrogen and oxygen atoms in total. The number of fused-ring (bicyclic) bond motifs is 1. The van der Waals surface area contributed by atoms with Crippen LogP contribution in [0, 0.1) is 5.92 Å². The third kappa shape index (κ3) is 2.64. The average molecular weight is 232 g/mol. The van der Waals surface area contributed by atoms with Crippen LogP contribution in [-0.4, -0.2) is 21.6 Å². The topological polar surface area (TPSA) is 42.2 Å². The lowest BCUT2D eigenvalue weighted by atomic mass is 9.99. The maximum atomic E-state index is 4.35. The van der Waals surface area contributed by atoms with E-state index in [-0.39, 0.29) is 0 Å². The van der Waals surface area contributed by atoms with Crippen molar-refractivity contribution in [1.82, 2.24) is 19.9 Å². The molecule has 4 heteroatoms. The summed E-state index contributed by atoms with van der Waals surface area (Å²) < 4.78 is 1.88. The van der Waals surface area contributed by atoms with Gasteiger partial charge in [-0.05, 0) is 25.8 Å². The molecule has 0 aliphatic heterocycles. The Kier molecular flexibility index (Phi) is 3.74. The molecule has 0 fully saturated rings. The van der Waals surface area contributed by atoms with Crippen LogP contribution in [0.3, 0.4) is 0 Å². The van der Waals surface area contributed by atoms with Crippen molar-refractivity contribution in [3.8, 4) is 0 Å². The molecular formula is C13H20N4. The number of nitrogens with one attached hydrogen (secondary N) is 1. The lowest BCUT2D eigenvalue weighted by Gasteiger charge is -2.16. The van der Waals surface area contributed by atoms with E-state index < -0.39 is 0 Å². The predicted molar refractivity (Wildman–Crippen MR) is 68.9 cm³/mol. The van der Waals surface area contributed by atoms with Crippen molar-refractivity contribution < 1.29 is 0 Å². The van der Waals surface area contributed by atoms with E-state index >= 15 is 0 Å². The maximum Gasteiger partial charge on any atom is 0.0892 e. The SMILES string of the molecule is CNC(CCC(C)C)c1cnn2ccncc12. The highest BCUT2D eigenvalue weighted by molar-refractivity contribution is 5.53. The van der Waals surface area contributed by atoms with Gasteiger partial charge in [-0.1, -0.05) is 13.8 Å². The molecule has 0 aromatic carbocycles. The summed E-state index contributed by atoms with van der Waals surface area (Å²) in [7, 11) is 2.00. The van der Waals surface area contributed by atoms with E-state index in [0.29, 0.717) is 6.04 Å². The van der Waals surface area contributed by atoms with Crippen LogP contribution in [0.5, 0.6) is 0 Å². The third-order valence-corrected chi connectivity index (χ3v) is 3.11. The first-order chi connectivity index (χ1) is 8.22. The van der Waals surface area contributed by atoms with E-state index in [0.717, 1.165) is 17.9 Å². The molecule has 0 radical (unpaired) electrons. The minimum absolute atomic E-state index is 0.360. The van der Waals surface area contributed by atoms with Crippen molar-refractivity contribution in [3.05, 3.63) is 30.4 Å². The number of rotatable bonds is 5. The van der Waals surface area contributed by atoms with Gasteiger partial charge in [-0.3, -0.25) is 4.98 Å². The van der Waals surface area contributed by atoms with Crippen LogP contribution >= 0.6 is 0 Å².